The third-order valence-corrected chi connectivity index (χ3v) is 2.44. The molecule has 0 N–H and O–H groups in total. The topological polar surface area (TPSA) is 9.23 Å². The van der Waals surface area contributed by atoms with Crippen LogP contribution in [0.15, 0.2) is 30.9 Å². The van der Waals surface area contributed by atoms with Gasteiger partial charge in [0, 0.05) is 5.92 Å². The molecule has 0 heterocycles. The molecular formula is C13H17O. The van der Waals surface area contributed by atoms with Crippen LogP contribution in [-0.4, -0.2) is 7.11 Å². The van der Waals surface area contributed by atoms with E-state index in [2.05, 4.69) is 26.5 Å². The van der Waals surface area contributed by atoms with Crippen LogP contribution in [0.25, 0.3) is 0 Å². The van der Waals surface area contributed by atoms with Crippen LogP contribution in [0.1, 0.15) is 25.0 Å². The van der Waals surface area contributed by atoms with Crippen LogP contribution in [0.4, 0.5) is 0 Å². The molecule has 1 rings (SSSR count). The van der Waals surface area contributed by atoms with E-state index < -0.39 is 0 Å². The summed E-state index contributed by atoms with van der Waals surface area (Å²) in [6.45, 7) is 8.00. The van der Waals surface area contributed by atoms with Gasteiger partial charge < -0.3 is 4.74 Å². The molecule has 1 radical (unpaired) electrons. The largest absolute Gasteiger partial charge is 0.496 e. The van der Waals surface area contributed by atoms with Crippen molar-refractivity contribution in [2.24, 2.45) is 0 Å². The SMILES string of the molecule is C=C[C](C)c1cccc(OC)c1CC. The van der Waals surface area contributed by atoms with Gasteiger partial charge in [-0.1, -0.05) is 32.1 Å². The van der Waals surface area contributed by atoms with Gasteiger partial charge in [0.05, 0.1) is 7.11 Å². The second-order valence-electron chi connectivity index (χ2n) is 3.23. The lowest BCUT2D eigenvalue weighted by molar-refractivity contribution is 0.409. The van der Waals surface area contributed by atoms with E-state index >= 15 is 0 Å². The lowest BCUT2D eigenvalue weighted by atomic mass is 9.94. The predicted octanol–water partition coefficient (Wildman–Crippen LogP) is 3.39. The van der Waals surface area contributed by atoms with E-state index in [1.807, 2.05) is 18.2 Å². The summed E-state index contributed by atoms with van der Waals surface area (Å²) in [7, 11) is 1.71. The van der Waals surface area contributed by atoms with E-state index in [9.17, 15) is 0 Å². The van der Waals surface area contributed by atoms with Crippen molar-refractivity contribution >= 4 is 0 Å². The van der Waals surface area contributed by atoms with Gasteiger partial charge in [0.1, 0.15) is 5.75 Å². The summed E-state index contributed by atoms with van der Waals surface area (Å²) in [5, 5.41) is 0. The first-order valence-electron chi connectivity index (χ1n) is 4.86. The summed E-state index contributed by atoms with van der Waals surface area (Å²) in [6, 6.07) is 6.12. The molecule has 0 bridgehead atoms. The second kappa shape index (κ2) is 4.85. The number of allylic oxidation sites excluding steroid dienone is 1. The average molecular weight is 189 g/mol. The number of methoxy groups -OCH3 is 1. The highest BCUT2D eigenvalue weighted by Crippen LogP contribution is 2.28. The van der Waals surface area contributed by atoms with Gasteiger partial charge in [-0.2, -0.15) is 0 Å². The summed E-state index contributed by atoms with van der Waals surface area (Å²) in [6.07, 6.45) is 2.86. The molecule has 0 aliphatic rings. The van der Waals surface area contributed by atoms with Crippen LogP contribution in [0.2, 0.25) is 0 Å². The highest BCUT2D eigenvalue weighted by molar-refractivity contribution is 5.48. The van der Waals surface area contributed by atoms with E-state index in [1.54, 1.807) is 7.11 Å². The molecule has 0 aromatic heterocycles. The standard InChI is InChI=1S/C13H17O/c1-5-10(3)12-8-7-9-13(14-4)11(12)6-2/h5,7-9H,1,6H2,2-4H3. The Balaban J connectivity index is 3.21. The molecule has 0 fully saturated rings. The van der Waals surface area contributed by atoms with Crippen molar-refractivity contribution in [1.82, 2.24) is 0 Å². The Morgan fingerprint density at radius 3 is 2.71 bits per heavy atom. The van der Waals surface area contributed by atoms with Crippen LogP contribution < -0.4 is 4.74 Å². The normalized spacial score (nSPS) is 10.3. The Kier molecular flexibility index (Phi) is 3.75. The quantitative estimate of drug-likeness (QED) is 0.705. The van der Waals surface area contributed by atoms with Gasteiger partial charge in [-0.15, -0.1) is 6.58 Å². The van der Waals surface area contributed by atoms with Crippen molar-refractivity contribution in [2.75, 3.05) is 7.11 Å². The molecule has 1 nitrogen and oxygen atoms in total. The fourth-order valence-corrected chi connectivity index (χ4v) is 1.60. The first kappa shape index (κ1) is 10.8. The Morgan fingerprint density at radius 2 is 2.21 bits per heavy atom. The third-order valence-electron chi connectivity index (χ3n) is 2.44. The number of hydrogen-bond acceptors (Lipinski definition) is 1. The smallest absolute Gasteiger partial charge is 0.122 e. The fraction of sp³-hybridized carbons (Fsp3) is 0.308. The maximum atomic E-state index is 5.32. The maximum absolute atomic E-state index is 5.32. The molecule has 0 aliphatic carbocycles. The second-order valence-corrected chi connectivity index (χ2v) is 3.23. The molecule has 0 atom stereocenters. The lowest BCUT2D eigenvalue weighted by Crippen LogP contribution is -1.99. The number of hydrogen-bond donors (Lipinski definition) is 0. The highest BCUT2D eigenvalue weighted by Gasteiger charge is 2.10. The van der Waals surface area contributed by atoms with Crippen molar-refractivity contribution in [1.29, 1.82) is 0 Å². The summed E-state index contributed by atoms with van der Waals surface area (Å²) in [4.78, 5) is 0. The summed E-state index contributed by atoms with van der Waals surface area (Å²) in [5.74, 6) is 2.16. The minimum atomic E-state index is 0.964. The lowest BCUT2D eigenvalue weighted by Gasteiger charge is -2.14. The highest BCUT2D eigenvalue weighted by atomic mass is 16.5. The van der Waals surface area contributed by atoms with Crippen molar-refractivity contribution in [3.63, 3.8) is 0 Å². The summed E-state index contributed by atoms with van der Waals surface area (Å²) in [5.41, 5.74) is 2.49. The zero-order valence-corrected chi connectivity index (χ0v) is 9.13. The first-order valence-corrected chi connectivity index (χ1v) is 4.86. The van der Waals surface area contributed by atoms with Gasteiger partial charge in [0.25, 0.3) is 0 Å². The number of rotatable bonds is 4. The molecule has 1 aromatic carbocycles. The molecular weight excluding hydrogens is 172 g/mol. The van der Waals surface area contributed by atoms with Crippen LogP contribution in [-0.2, 0) is 6.42 Å². The van der Waals surface area contributed by atoms with Gasteiger partial charge in [-0.3, -0.25) is 0 Å². The van der Waals surface area contributed by atoms with E-state index in [0.717, 1.165) is 12.2 Å². The van der Waals surface area contributed by atoms with Crippen LogP contribution in [0, 0.1) is 5.92 Å². The van der Waals surface area contributed by atoms with Gasteiger partial charge >= 0.3 is 0 Å². The van der Waals surface area contributed by atoms with E-state index in [0.29, 0.717) is 0 Å². The average Bonchev–Trinajstić information content (AvgIpc) is 2.26. The Bertz CT molecular complexity index is 315. The molecule has 14 heavy (non-hydrogen) atoms. The van der Waals surface area contributed by atoms with Crippen LogP contribution in [0.5, 0.6) is 5.75 Å². The molecule has 1 heteroatoms. The zero-order valence-electron chi connectivity index (χ0n) is 9.13. The van der Waals surface area contributed by atoms with Gasteiger partial charge in [0.15, 0.2) is 0 Å². The van der Waals surface area contributed by atoms with Crippen molar-refractivity contribution in [2.45, 2.75) is 20.3 Å². The van der Waals surface area contributed by atoms with E-state index in [4.69, 9.17) is 4.74 Å². The summed E-state index contributed by atoms with van der Waals surface area (Å²) < 4.78 is 5.32. The predicted molar refractivity (Wildman–Crippen MR) is 60.6 cm³/mol. The van der Waals surface area contributed by atoms with E-state index in [-0.39, 0.29) is 0 Å². The fourth-order valence-electron chi connectivity index (χ4n) is 1.60. The Morgan fingerprint density at radius 1 is 1.50 bits per heavy atom. The van der Waals surface area contributed by atoms with E-state index in [1.165, 1.54) is 17.0 Å². The molecule has 0 saturated carbocycles. The first-order chi connectivity index (χ1) is 6.74. The molecule has 75 valence electrons. The van der Waals surface area contributed by atoms with Gasteiger partial charge in [-0.05, 0) is 23.6 Å². The molecule has 0 amide bonds. The number of ether oxygens (including phenoxy) is 1. The Hall–Kier alpha value is -1.24. The van der Waals surface area contributed by atoms with Crippen LogP contribution in [0.3, 0.4) is 0 Å². The van der Waals surface area contributed by atoms with Crippen molar-refractivity contribution in [3.05, 3.63) is 47.9 Å². The zero-order chi connectivity index (χ0) is 10.6. The van der Waals surface area contributed by atoms with Gasteiger partial charge in [0.2, 0.25) is 0 Å². The minimum absolute atomic E-state index is 0.964. The third kappa shape index (κ3) is 1.98. The number of benzene rings is 1. The van der Waals surface area contributed by atoms with Crippen molar-refractivity contribution in [3.8, 4) is 5.75 Å². The van der Waals surface area contributed by atoms with Crippen LogP contribution >= 0.6 is 0 Å². The van der Waals surface area contributed by atoms with Crippen molar-refractivity contribution < 1.29 is 4.74 Å². The maximum Gasteiger partial charge on any atom is 0.122 e. The summed E-state index contributed by atoms with van der Waals surface area (Å²) >= 11 is 0. The monoisotopic (exact) mass is 189 g/mol. The molecule has 0 saturated heterocycles. The minimum Gasteiger partial charge on any atom is -0.496 e. The molecule has 0 unspecified atom stereocenters. The van der Waals surface area contributed by atoms with Gasteiger partial charge in [-0.25, -0.2) is 0 Å². The molecule has 0 spiro atoms. The molecule has 1 aromatic rings. The molecule has 0 aliphatic heterocycles. The Labute approximate surface area is 86.4 Å².